The fourth-order valence-corrected chi connectivity index (χ4v) is 1.64. The van der Waals surface area contributed by atoms with Gasteiger partial charge in [-0.3, -0.25) is 4.79 Å². The summed E-state index contributed by atoms with van der Waals surface area (Å²) in [6.45, 7) is 5.41. The van der Waals surface area contributed by atoms with Crippen LogP contribution in [-0.2, 0) is 16.1 Å². The van der Waals surface area contributed by atoms with Crippen LogP contribution in [0.1, 0.15) is 30.9 Å². The molecule has 0 aromatic heterocycles. The molecule has 0 amide bonds. The van der Waals surface area contributed by atoms with Crippen molar-refractivity contribution in [1.82, 2.24) is 5.32 Å². The smallest absolute Gasteiger partial charge is 0.305 e. The standard InChI is InChI=1S/C14H20FNO2/c1-3-18-14(17)5-4-8-16-10-12-6-7-13(15)11(2)9-12/h6-7,9,16H,3-5,8,10H2,1-2H3. The molecule has 0 spiro atoms. The van der Waals surface area contributed by atoms with Crippen molar-refractivity contribution in [2.45, 2.75) is 33.2 Å². The zero-order valence-electron chi connectivity index (χ0n) is 11.0. The van der Waals surface area contributed by atoms with Crippen molar-refractivity contribution in [2.75, 3.05) is 13.2 Å². The third-order valence-corrected chi connectivity index (χ3v) is 2.59. The van der Waals surface area contributed by atoms with Crippen molar-refractivity contribution in [1.29, 1.82) is 0 Å². The van der Waals surface area contributed by atoms with Crippen LogP contribution in [0.15, 0.2) is 18.2 Å². The predicted molar refractivity (Wildman–Crippen MR) is 68.7 cm³/mol. The Hall–Kier alpha value is -1.42. The van der Waals surface area contributed by atoms with Crippen molar-refractivity contribution in [3.8, 4) is 0 Å². The van der Waals surface area contributed by atoms with Gasteiger partial charge in [-0.1, -0.05) is 12.1 Å². The Morgan fingerprint density at radius 1 is 1.44 bits per heavy atom. The summed E-state index contributed by atoms with van der Waals surface area (Å²) in [4.78, 5) is 11.1. The molecule has 4 heteroatoms. The highest BCUT2D eigenvalue weighted by molar-refractivity contribution is 5.69. The van der Waals surface area contributed by atoms with Crippen LogP contribution >= 0.6 is 0 Å². The van der Waals surface area contributed by atoms with E-state index in [1.807, 2.05) is 6.07 Å². The van der Waals surface area contributed by atoms with Gasteiger partial charge in [0.05, 0.1) is 6.61 Å². The molecule has 18 heavy (non-hydrogen) atoms. The number of ether oxygens (including phenoxy) is 1. The summed E-state index contributed by atoms with van der Waals surface area (Å²) >= 11 is 0. The van der Waals surface area contributed by atoms with Crippen LogP contribution < -0.4 is 5.32 Å². The molecule has 1 rings (SSSR count). The SMILES string of the molecule is CCOC(=O)CCCNCc1ccc(F)c(C)c1. The van der Waals surface area contributed by atoms with Gasteiger partial charge in [0, 0.05) is 13.0 Å². The fraction of sp³-hybridized carbons (Fsp3) is 0.500. The van der Waals surface area contributed by atoms with E-state index in [0.717, 1.165) is 18.5 Å². The van der Waals surface area contributed by atoms with Crippen LogP contribution in [0.5, 0.6) is 0 Å². The van der Waals surface area contributed by atoms with Crippen molar-refractivity contribution < 1.29 is 13.9 Å². The van der Waals surface area contributed by atoms with Gasteiger partial charge in [-0.15, -0.1) is 0 Å². The maximum Gasteiger partial charge on any atom is 0.305 e. The lowest BCUT2D eigenvalue weighted by atomic mass is 10.1. The molecular weight excluding hydrogens is 233 g/mol. The monoisotopic (exact) mass is 253 g/mol. The third kappa shape index (κ3) is 5.27. The number of carbonyl (C=O) groups is 1. The summed E-state index contributed by atoms with van der Waals surface area (Å²) in [7, 11) is 0. The van der Waals surface area contributed by atoms with Gasteiger partial charge in [0.2, 0.25) is 0 Å². The summed E-state index contributed by atoms with van der Waals surface area (Å²) in [6, 6.07) is 5.07. The van der Waals surface area contributed by atoms with Crippen LogP contribution in [0, 0.1) is 12.7 Å². The molecule has 0 heterocycles. The summed E-state index contributed by atoms with van der Waals surface area (Å²) in [5.41, 5.74) is 1.70. The molecule has 0 atom stereocenters. The lowest BCUT2D eigenvalue weighted by Crippen LogP contribution is -2.16. The summed E-state index contributed by atoms with van der Waals surface area (Å²) in [6.07, 6.45) is 1.18. The number of rotatable bonds is 7. The van der Waals surface area contributed by atoms with E-state index in [-0.39, 0.29) is 11.8 Å². The summed E-state index contributed by atoms with van der Waals surface area (Å²) in [5.74, 6) is -0.335. The molecule has 0 aliphatic heterocycles. The van der Waals surface area contributed by atoms with Gasteiger partial charge in [-0.05, 0) is 44.0 Å². The number of aryl methyl sites for hydroxylation is 1. The van der Waals surface area contributed by atoms with Gasteiger partial charge in [0.15, 0.2) is 0 Å². The minimum atomic E-state index is -0.180. The van der Waals surface area contributed by atoms with Gasteiger partial charge in [-0.2, -0.15) is 0 Å². The second kappa shape index (κ2) is 7.82. The van der Waals surface area contributed by atoms with Crippen LogP contribution in [0.3, 0.4) is 0 Å². The maximum atomic E-state index is 13.0. The largest absolute Gasteiger partial charge is 0.466 e. The van der Waals surface area contributed by atoms with Crippen LogP contribution in [0.4, 0.5) is 4.39 Å². The van der Waals surface area contributed by atoms with Gasteiger partial charge < -0.3 is 10.1 Å². The molecule has 0 aliphatic carbocycles. The van der Waals surface area contributed by atoms with E-state index >= 15 is 0 Å². The Balaban J connectivity index is 2.18. The molecule has 1 aromatic carbocycles. The highest BCUT2D eigenvalue weighted by Gasteiger charge is 2.01. The minimum Gasteiger partial charge on any atom is -0.466 e. The van der Waals surface area contributed by atoms with E-state index < -0.39 is 0 Å². The first-order valence-electron chi connectivity index (χ1n) is 6.25. The number of esters is 1. The van der Waals surface area contributed by atoms with Gasteiger partial charge in [0.1, 0.15) is 5.82 Å². The van der Waals surface area contributed by atoms with Crippen LogP contribution in [0.2, 0.25) is 0 Å². The highest BCUT2D eigenvalue weighted by Crippen LogP contribution is 2.08. The topological polar surface area (TPSA) is 38.3 Å². The average Bonchev–Trinajstić information content (AvgIpc) is 2.33. The minimum absolute atomic E-state index is 0.156. The Kier molecular flexibility index (Phi) is 6.36. The summed E-state index contributed by atoms with van der Waals surface area (Å²) in [5, 5.41) is 3.22. The zero-order valence-corrected chi connectivity index (χ0v) is 11.0. The average molecular weight is 253 g/mol. The molecule has 0 bridgehead atoms. The molecular formula is C14H20FNO2. The number of nitrogens with one attached hydrogen (secondary N) is 1. The summed E-state index contributed by atoms with van der Waals surface area (Å²) < 4.78 is 17.9. The van der Waals surface area contributed by atoms with Gasteiger partial charge in [0.25, 0.3) is 0 Å². The predicted octanol–water partition coefficient (Wildman–Crippen LogP) is 2.57. The molecule has 0 fully saturated rings. The highest BCUT2D eigenvalue weighted by atomic mass is 19.1. The lowest BCUT2D eigenvalue weighted by molar-refractivity contribution is -0.143. The van der Waals surface area contributed by atoms with E-state index in [2.05, 4.69) is 5.32 Å². The van der Waals surface area contributed by atoms with E-state index in [4.69, 9.17) is 4.74 Å². The van der Waals surface area contributed by atoms with E-state index in [9.17, 15) is 9.18 Å². The van der Waals surface area contributed by atoms with Crippen molar-refractivity contribution in [2.24, 2.45) is 0 Å². The molecule has 0 aliphatic rings. The van der Waals surface area contributed by atoms with E-state index in [0.29, 0.717) is 25.1 Å². The molecule has 1 aromatic rings. The maximum absolute atomic E-state index is 13.0. The second-order valence-electron chi connectivity index (χ2n) is 4.17. The first kappa shape index (κ1) is 14.6. The Labute approximate surface area is 107 Å². The third-order valence-electron chi connectivity index (χ3n) is 2.59. The molecule has 0 saturated carbocycles. The van der Waals surface area contributed by atoms with Gasteiger partial charge in [-0.25, -0.2) is 4.39 Å². The molecule has 100 valence electrons. The van der Waals surface area contributed by atoms with Crippen molar-refractivity contribution in [3.05, 3.63) is 35.1 Å². The lowest BCUT2D eigenvalue weighted by Gasteiger charge is -2.06. The fourth-order valence-electron chi connectivity index (χ4n) is 1.64. The number of benzene rings is 1. The normalized spacial score (nSPS) is 10.4. The number of halogens is 1. The van der Waals surface area contributed by atoms with E-state index in [1.54, 1.807) is 19.9 Å². The zero-order chi connectivity index (χ0) is 13.4. The Morgan fingerprint density at radius 3 is 2.89 bits per heavy atom. The number of hydrogen-bond acceptors (Lipinski definition) is 3. The Morgan fingerprint density at radius 2 is 2.22 bits per heavy atom. The Bertz CT molecular complexity index is 393. The second-order valence-corrected chi connectivity index (χ2v) is 4.17. The molecule has 1 N–H and O–H groups in total. The van der Waals surface area contributed by atoms with Crippen molar-refractivity contribution >= 4 is 5.97 Å². The van der Waals surface area contributed by atoms with Crippen LogP contribution in [-0.4, -0.2) is 19.1 Å². The molecule has 3 nitrogen and oxygen atoms in total. The first-order valence-corrected chi connectivity index (χ1v) is 6.25. The molecule has 0 saturated heterocycles. The van der Waals surface area contributed by atoms with E-state index in [1.165, 1.54) is 6.07 Å². The van der Waals surface area contributed by atoms with Crippen LogP contribution in [0.25, 0.3) is 0 Å². The quantitative estimate of drug-likeness (QED) is 0.599. The number of hydrogen-bond donors (Lipinski definition) is 1. The van der Waals surface area contributed by atoms with Crippen molar-refractivity contribution in [3.63, 3.8) is 0 Å². The van der Waals surface area contributed by atoms with Gasteiger partial charge >= 0.3 is 5.97 Å². The number of carbonyl (C=O) groups excluding carboxylic acids is 1. The molecule has 0 radical (unpaired) electrons. The molecule has 0 unspecified atom stereocenters. The first-order chi connectivity index (χ1) is 8.63.